The van der Waals surface area contributed by atoms with E-state index in [-0.39, 0.29) is 0 Å². The van der Waals surface area contributed by atoms with E-state index in [9.17, 15) is 0 Å². The fraction of sp³-hybridized carbons (Fsp3) is 0.278. The fourth-order valence-corrected chi connectivity index (χ4v) is 3.98. The standard InChI is InChI=1S/C18H18N2S/c1-12-6-4-10-15-17(12)20(18(21)19-15)16-11-5-8-13-7-2-3-9-14(13)16/h2-4,6-7,9-10,16H,5,8,11H2,1H3,(H,19,21). The summed E-state index contributed by atoms with van der Waals surface area (Å²) in [5.41, 5.74) is 6.58. The fourth-order valence-electron chi connectivity index (χ4n) is 3.65. The summed E-state index contributed by atoms with van der Waals surface area (Å²) in [6.07, 6.45) is 3.57. The number of nitrogens with zero attached hydrogens (tertiary/aromatic N) is 1. The van der Waals surface area contributed by atoms with Crippen molar-refractivity contribution < 1.29 is 0 Å². The lowest BCUT2D eigenvalue weighted by Crippen LogP contribution is -2.17. The van der Waals surface area contributed by atoms with Crippen LogP contribution in [0.2, 0.25) is 0 Å². The van der Waals surface area contributed by atoms with Crippen molar-refractivity contribution in [3.63, 3.8) is 0 Å². The molecular weight excluding hydrogens is 276 g/mol. The lowest BCUT2D eigenvalue weighted by molar-refractivity contribution is 0.495. The second-order valence-electron chi connectivity index (χ2n) is 5.88. The van der Waals surface area contributed by atoms with E-state index in [0.29, 0.717) is 6.04 Å². The molecule has 21 heavy (non-hydrogen) atoms. The van der Waals surface area contributed by atoms with Crippen molar-refractivity contribution >= 4 is 23.3 Å². The van der Waals surface area contributed by atoms with Gasteiger partial charge in [-0.3, -0.25) is 0 Å². The molecule has 3 heteroatoms. The Morgan fingerprint density at radius 2 is 2.00 bits per heavy atom. The molecule has 0 saturated heterocycles. The summed E-state index contributed by atoms with van der Waals surface area (Å²) >= 11 is 5.63. The molecule has 1 heterocycles. The Bertz CT molecular complexity index is 872. The molecule has 1 aromatic heterocycles. The molecule has 0 bridgehead atoms. The molecule has 1 aliphatic rings. The van der Waals surface area contributed by atoms with Gasteiger partial charge in [0.1, 0.15) is 0 Å². The minimum absolute atomic E-state index is 0.359. The minimum atomic E-state index is 0.359. The van der Waals surface area contributed by atoms with Crippen LogP contribution in [0.4, 0.5) is 0 Å². The highest BCUT2D eigenvalue weighted by molar-refractivity contribution is 7.71. The lowest BCUT2D eigenvalue weighted by Gasteiger charge is -2.27. The number of rotatable bonds is 1. The predicted molar refractivity (Wildman–Crippen MR) is 89.4 cm³/mol. The van der Waals surface area contributed by atoms with Gasteiger partial charge in [-0.05, 0) is 61.2 Å². The zero-order valence-electron chi connectivity index (χ0n) is 12.1. The number of benzene rings is 2. The minimum Gasteiger partial charge on any atom is -0.331 e. The molecule has 0 spiro atoms. The van der Waals surface area contributed by atoms with Crippen molar-refractivity contribution in [2.45, 2.75) is 32.2 Å². The van der Waals surface area contributed by atoms with Crippen LogP contribution in [0.1, 0.15) is 35.6 Å². The highest BCUT2D eigenvalue weighted by Crippen LogP contribution is 2.35. The molecule has 4 rings (SSSR count). The maximum absolute atomic E-state index is 5.63. The van der Waals surface area contributed by atoms with Gasteiger partial charge in [-0.25, -0.2) is 0 Å². The topological polar surface area (TPSA) is 20.7 Å². The maximum atomic E-state index is 5.63. The van der Waals surface area contributed by atoms with E-state index in [4.69, 9.17) is 12.2 Å². The number of para-hydroxylation sites is 1. The van der Waals surface area contributed by atoms with Gasteiger partial charge in [0.25, 0.3) is 0 Å². The average molecular weight is 294 g/mol. The van der Waals surface area contributed by atoms with E-state index in [1.165, 1.54) is 35.0 Å². The molecular formula is C18H18N2S. The van der Waals surface area contributed by atoms with Crippen molar-refractivity contribution in [2.24, 2.45) is 0 Å². The molecule has 1 unspecified atom stereocenters. The van der Waals surface area contributed by atoms with Gasteiger partial charge in [-0.1, -0.05) is 36.4 Å². The first-order valence-electron chi connectivity index (χ1n) is 7.53. The Hall–Kier alpha value is -1.87. The highest BCUT2D eigenvalue weighted by Gasteiger charge is 2.23. The zero-order valence-corrected chi connectivity index (χ0v) is 12.9. The third-order valence-corrected chi connectivity index (χ3v) is 4.89. The number of imidazole rings is 1. The number of aromatic nitrogens is 2. The molecule has 2 nitrogen and oxygen atoms in total. The number of hydrogen-bond acceptors (Lipinski definition) is 1. The summed E-state index contributed by atoms with van der Waals surface area (Å²) in [5.74, 6) is 0. The van der Waals surface area contributed by atoms with Crippen LogP contribution in [0.3, 0.4) is 0 Å². The van der Waals surface area contributed by atoms with E-state index in [1.807, 2.05) is 0 Å². The normalized spacial score (nSPS) is 17.9. The summed E-state index contributed by atoms with van der Waals surface area (Å²) in [6.45, 7) is 2.16. The number of fused-ring (bicyclic) bond motifs is 2. The maximum Gasteiger partial charge on any atom is 0.178 e. The van der Waals surface area contributed by atoms with Crippen molar-refractivity contribution in [1.82, 2.24) is 9.55 Å². The third kappa shape index (κ3) is 1.95. The number of nitrogens with one attached hydrogen (secondary N) is 1. The first-order valence-corrected chi connectivity index (χ1v) is 7.94. The first kappa shape index (κ1) is 12.8. The highest BCUT2D eigenvalue weighted by atomic mass is 32.1. The van der Waals surface area contributed by atoms with E-state index in [1.54, 1.807) is 0 Å². The Kier molecular flexibility index (Phi) is 2.96. The smallest absolute Gasteiger partial charge is 0.178 e. The Balaban J connectivity index is 2.00. The largest absolute Gasteiger partial charge is 0.331 e. The first-order chi connectivity index (χ1) is 10.3. The molecule has 0 aliphatic heterocycles. The van der Waals surface area contributed by atoms with Gasteiger partial charge >= 0.3 is 0 Å². The molecule has 1 atom stereocenters. The van der Waals surface area contributed by atoms with Gasteiger partial charge in [0.2, 0.25) is 0 Å². The van der Waals surface area contributed by atoms with E-state index >= 15 is 0 Å². The molecule has 1 aliphatic carbocycles. The SMILES string of the molecule is Cc1cccc2[nH]c(=S)n(C3CCCc4ccccc43)c12. The van der Waals surface area contributed by atoms with Crippen LogP contribution in [-0.2, 0) is 6.42 Å². The lowest BCUT2D eigenvalue weighted by atomic mass is 9.87. The summed E-state index contributed by atoms with van der Waals surface area (Å²) in [7, 11) is 0. The molecule has 106 valence electrons. The van der Waals surface area contributed by atoms with Crippen molar-refractivity contribution in [2.75, 3.05) is 0 Å². The molecule has 0 saturated carbocycles. The third-order valence-electron chi connectivity index (χ3n) is 4.59. The monoisotopic (exact) mass is 294 g/mol. The van der Waals surface area contributed by atoms with Crippen LogP contribution >= 0.6 is 12.2 Å². The molecule has 0 amide bonds. The Morgan fingerprint density at radius 3 is 2.90 bits per heavy atom. The van der Waals surface area contributed by atoms with Gasteiger partial charge in [0.05, 0.1) is 17.1 Å². The second kappa shape index (κ2) is 4.85. The number of hydrogen-bond donors (Lipinski definition) is 1. The van der Waals surface area contributed by atoms with Crippen LogP contribution in [0.25, 0.3) is 11.0 Å². The molecule has 0 radical (unpaired) electrons. The van der Waals surface area contributed by atoms with Crippen LogP contribution < -0.4 is 0 Å². The average Bonchev–Trinajstić information content (AvgIpc) is 2.84. The van der Waals surface area contributed by atoms with E-state index in [2.05, 4.69) is 58.9 Å². The van der Waals surface area contributed by atoms with Crippen molar-refractivity contribution in [3.05, 3.63) is 63.9 Å². The molecule has 0 fully saturated rings. The van der Waals surface area contributed by atoms with E-state index in [0.717, 1.165) is 16.7 Å². The quantitative estimate of drug-likeness (QED) is 0.631. The van der Waals surface area contributed by atoms with Crippen LogP contribution in [0.15, 0.2) is 42.5 Å². The van der Waals surface area contributed by atoms with Crippen LogP contribution in [-0.4, -0.2) is 9.55 Å². The molecule has 1 N–H and O–H groups in total. The number of H-pyrrole nitrogens is 1. The van der Waals surface area contributed by atoms with Gasteiger partial charge in [-0.15, -0.1) is 0 Å². The van der Waals surface area contributed by atoms with Crippen LogP contribution in [0.5, 0.6) is 0 Å². The summed E-state index contributed by atoms with van der Waals surface area (Å²) < 4.78 is 3.17. The number of aryl methyl sites for hydroxylation is 2. The van der Waals surface area contributed by atoms with Gasteiger partial charge < -0.3 is 9.55 Å². The Morgan fingerprint density at radius 1 is 1.14 bits per heavy atom. The summed E-state index contributed by atoms with van der Waals surface area (Å²) in [5, 5.41) is 0. The zero-order chi connectivity index (χ0) is 14.4. The van der Waals surface area contributed by atoms with Gasteiger partial charge in [0, 0.05) is 0 Å². The van der Waals surface area contributed by atoms with E-state index < -0.39 is 0 Å². The second-order valence-corrected chi connectivity index (χ2v) is 6.26. The summed E-state index contributed by atoms with van der Waals surface area (Å²) in [4.78, 5) is 3.37. The van der Waals surface area contributed by atoms with Gasteiger partial charge in [-0.2, -0.15) is 0 Å². The summed E-state index contributed by atoms with van der Waals surface area (Å²) in [6, 6.07) is 15.5. The molecule has 2 aromatic carbocycles. The number of aromatic amines is 1. The molecule has 3 aromatic rings. The Labute approximate surface area is 129 Å². The van der Waals surface area contributed by atoms with Gasteiger partial charge in [0.15, 0.2) is 4.77 Å². The van der Waals surface area contributed by atoms with Crippen molar-refractivity contribution in [1.29, 1.82) is 0 Å². The van der Waals surface area contributed by atoms with Crippen LogP contribution in [0, 0.1) is 11.7 Å². The van der Waals surface area contributed by atoms with Crippen molar-refractivity contribution in [3.8, 4) is 0 Å². The predicted octanol–water partition coefficient (Wildman–Crippen LogP) is 4.93.